The van der Waals surface area contributed by atoms with Crippen LogP contribution in [0.3, 0.4) is 0 Å². The number of carbonyl (C=O) groups is 1. The van der Waals surface area contributed by atoms with Gasteiger partial charge in [-0.1, -0.05) is 0 Å². The predicted octanol–water partition coefficient (Wildman–Crippen LogP) is 3.42. The number of amides is 1. The van der Waals surface area contributed by atoms with Crippen LogP contribution in [0.25, 0.3) is 0 Å². The Morgan fingerprint density at radius 2 is 1.71 bits per heavy atom. The van der Waals surface area contributed by atoms with Crippen molar-refractivity contribution in [2.75, 3.05) is 0 Å². The Labute approximate surface area is 151 Å². The van der Waals surface area contributed by atoms with Crippen molar-refractivity contribution in [3.8, 4) is 0 Å². The molecule has 1 amide bonds. The van der Waals surface area contributed by atoms with Crippen molar-refractivity contribution in [1.82, 2.24) is 4.90 Å². The standard InChI is InChI=1S/C20H21NO2Se/c1-14(16-9-5-3-6-10-16)13-18(22)21-15(2)19(23-20(21)24)17-11-7-4-8-12-17/h3-12,14-15,19H,13H2,1-2H3/t14-,15-,19-/m0/s1. The van der Waals surface area contributed by atoms with Crippen LogP contribution in [0.15, 0.2) is 60.7 Å². The van der Waals surface area contributed by atoms with Crippen molar-refractivity contribution in [1.29, 1.82) is 0 Å². The van der Waals surface area contributed by atoms with Gasteiger partial charge in [-0.2, -0.15) is 0 Å². The van der Waals surface area contributed by atoms with E-state index < -0.39 is 0 Å². The van der Waals surface area contributed by atoms with Crippen molar-refractivity contribution in [2.45, 2.75) is 38.3 Å². The molecule has 24 heavy (non-hydrogen) atoms. The number of carbonyl (C=O) groups excluding carboxylic acids is 1. The third-order valence-electron chi connectivity index (χ3n) is 4.52. The molecule has 0 aromatic heterocycles. The number of rotatable bonds is 4. The number of nitrogens with zero attached hydrogens (tertiary/aromatic N) is 1. The molecule has 4 heteroatoms. The van der Waals surface area contributed by atoms with Gasteiger partial charge in [-0.3, -0.25) is 0 Å². The Morgan fingerprint density at radius 1 is 1.12 bits per heavy atom. The van der Waals surface area contributed by atoms with Crippen LogP contribution < -0.4 is 0 Å². The molecule has 1 heterocycles. The van der Waals surface area contributed by atoms with Crippen molar-refractivity contribution in [3.05, 3.63) is 71.8 Å². The minimum absolute atomic E-state index is 0.0286. The van der Waals surface area contributed by atoms with Crippen LogP contribution in [0.5, 0.6) is 0 Å². The average molecular weight is 386 g/mol. The van der Waals surface area contributed by atoms with Gasteiger partial charge in [0.15, 0.2) is 0 Å². The Morgan fingerprint density at radius 3 is 2.33 bits per heavy atom. The molecular weight excluding hydrogens is 365 g/mol. The van der Waals surface area contributed by atoms with Gasteiger partial charge >= 0.3 is 151 Å². The first kappa shape index (κ1) is 16.9. The monoisotopic (exact) mass is 387 g/mol. The molecule has 3 nitrogen and oxygen atoms in total. The maximum absolute atomic E-state index is 12.8. The van der Waals surface area contributed by atoms with E-state index in [1.807, 2.05) is 55.5 Å². The summed E-state index contributed by atoms with van der Waals surface area (Å²) in [6.45, 7) is 4.12. The molecule has 3 rings (SSSR count). The number of ether oxygens (including phenoxy) is 1. The summed E-state index contributed by atoms with van der Waals surface area (Å²) in [5.74, 6) is 0.264. The van der Waals surface area contributed by atoms with E-state index in [1.165, 1.54) is 5.56 Å². The maximum atomic E-state index is 12.8. The normalized spacial score (nSPS) is 21.4. The fourth-order valence-electron chi connectivity index (χ4n) is 3.14. The van der Waals surface area contributed by atoms with Crippen LogP contribution in [-0.2, 0) is 9.53 Å². The Balaban J connectivity index is 1.72. The van der Waals surface area contributed by atoms with Gasteiger partial charge in [0, 0.05) is 0 Å². The van der Waals surface area contributed by atoms with E-state index in [9.17, 15) is 4.79 Å². The summed E-state index contributed by atoms with van der Waals surface area (Å²) in [5.41, 5.74) is 2.27. The van der Waals surface area contributed by atoms with Gasteiger partial charge in [0.1, 0.15) is 0 Å². The number of hydrogen-bond acceptors (Lipinski definition) is 2. The van der Waals surface area contributed by atoms with Gasteiger partial charge in [-0.15, -0.1) is 0 Å². The second-order valence-electron chi connectivity index (χ2n) is 6.24. The SMILES string of the molecule is C[C@@H](CC(=O)N1C(=[Se])O[C@H](c2ccccc2)[C@@H]1C)c1ccccc1. The summed E-state index contributed by atoms with van der Waals surface area (Å²) >= 11 is 2.91. The first-order valence-corrected chi connectivity index (χ1v) is 9.06. The van der Waals surface area contributed by atoms with Crippen molar-refractivity contribution >= 4 is 26.2 Å². The summed E-state index contributed by atoms with van der Waals surface area (Å²) in [5, 5.41) is 0. The fraction of sp³-hybridized carbons (Fsp3) is 0.300. The zero-order valence-electron chi connectivity index (χ0n) is 13.9. The molecule has 3 atom stereocenters. The van der Waals surface area contributed by atoms with E-state index in [0.29, 0.717) is 11.1 Å². The summed E-state index contributed by atoms with van der Waals surface area (Å²) in [7, 11) is 0. The molecule has 1 aliphatic heterocycles. The quantitative estimate of drug-likeness (QED) is 0.754. The molecule has 2 aromatic rings. The van der Waals surface area contributed by atoms with Crippen molar-refractivity contribution in [2.24, 2.45) is 0 Å². The molecule has 0 saturated carbocycles. The van der Waals surface area contributed by atoms with Gasteiger partial charge in [0.05, 0.1) is 0 Å². The molecule has 0 unspecified atom stereocenters. The van der Waals surface area contributed by atoms with E-state index in [1.54, 1.807) is 4.90 Å². The average Bonchev–Trinajstić information content (AvgIpc) is 2.91. The zero-order valence-corrected chi connectivity index (χ0v) is 15.6. The third-order valence-corrected chi connectivity index (χ3v) is 5.13. The first-order valence-electron chi connectivity index (χ1n) is 8.20. The van der Waals surface area contributed by atoms with Gasteiger partial charge in [0.25, 0.3) is 0 Å². The Bertz CT molecular complexity index is 717. The van der Waals surface area contributed by atoms with Crippen molar-refractivity contribution < 1.29 is 9.53 Å². The van der Waals surface area contributed by atoms with Crippen LogP contribution in [-0.4, -0.2) is 37.2 Å². The van der Waals surface area contributed by atoms with Crippen LogP contribution in [0.2, 0.25) is 0 Å². The van der Waals surface area contributed by atoms with Crippen LogP contribution in [0.4, 0.5) is 0 Å². The molecule has 0 radical (unpaired) electrons. The van der Waals surface area contributed by atoms with Gasteiger partial charge in [0.2, 0.25) is 0 Å². The van der Waals surface area contributed by atoms with Crippen molar-refractivity contribution in [3.63, 3.8) is 0 Å². The molecular formula is C20H21NO2Se. The van der Waals surface area contributed by atoms with E-state index in [2.05, 4.69) is 34.6 Å². The van der Waals surface area contributed by atoms with E-state index in [4.69, 9.17) is 4.74 Å². The van der Waals surface area contributed by atoms with Gasteiger partial charge in [-0.05, 0) is 0 Å². The summed E-state index contributed by atoms with van der Waals surface area (Å²) in [6.07, 6.45) is 0.336. The van der Waals surface area contributed by atoms with E-state index in [-0.39, 0.29) is 24.0 Å². The fourth-order valence-corrected chi connectivity index (χ4v) is 3.92. The predicted molar refractivity (Wildman–Crippen MR) is 96.8 cm³/mol. The first-order chi connectivity index (χ1) is 11.6. The second kappa shape index (κ2) is 7.33. The van der Waals surface area contributed by atoms with E-state index >= 15 is 0 Å². The summed E-state index contributed by atoms with van der Waals surface area (Å²) in [4.78, 5) is 14.6. The molecule has 124 valence electrons. The Kier molecular flexibility index (Phi) is 5.17. The molecule has 1 aliphatic rings. The minimum atomic E-state index is -0.126. The molecule has 0 bridgehead atoms. The van der Waals surface area contributed by atoms with Crippen LogP contribution in [0, 0.1) is 0 Å². The molecule has 2 aromatic carbocycles. The van der Waals surface area contributed by atoms with Gasteiger partial charge < -0.3 is 0 Å². The summed E-state index contributed by atoms with van der Waals surface area (Å²) < 4.78 is 6.52. The second-order valence-corrected chi connectivity index (χ2v) is 6.97. The summed E-state index contributed by atoms with van der Waals surface area (Å²) in [6, 6.07) is 20.2. The number of benzene rings is 2. The van der Waals surface area contributed by atoms with Crippen LogP contribution in [0.1, 0.15) is 43.4 Å². The molecule has 0 aliphatic carbocycles. The van der Waals surface area contributed by atoms with Gasteiger partial charge in [-0.25, -0.2) is 0 Å². The number of hydrogen-bond donors (Lipinski definition) is 0. The third kappa shape index (κ3) is 3.45. The molecule has 1 fully saturated rings. The van der Waals surface area contributed by atoms with Crippen LogP contribution >= 0.6 is 0 Å². The molecule has 0 spiro atoms. The van der Waals surface area contributed by atoms with E-state index in [0.717, 1.165) is 5.56 Å². The molecule has 1 saturated heterocycles. The topological polar surface area (TPSA) is 29.5 Å². The molecule has 0 N–H and O–H groups in total. The Hall–Kier alpha value is -1.90. The zero-order chi connectivity index (χ0) is 17.1.